The van der Waals surface area contributed by atoms with Gasteiger partial charge >= 0.3 is 5.69 Å². The van der Waals surface area contributed by atoms with E-state index in [1.165, 1.54) is 0 Å². The Bertz CT molecular complexity index is 1230. The van der Waals surface area contributed by atoms with Crippen molar-refractivity contribution in [1.82, 2.24) is 24.3 Å². The van der Waals surface area contributed by atoms with Gasteiger partial charge in [0, 0.05) is 38.8 Å². The molecule has 9 nitrogen and oxygen atoms in total. The summed E-state index contributed by atoms with van der Waals surface area (Å²) in [5.74, 6) is 2.10. The lowest BCUT2D eigenvalue weighted by Gasteiger charge is -2.37. The topological polar surface area (TPSA) is 87.6 Å². The number of aromatic nitrogens is 4. The van der Waals surface area contributed by atoms with Gasteiger partial charge in [0.05, 0.1) is 18.1 Å². The highest BCUT2D eigenvalue weighted by atomic mass is 16.5. The van der Waals surface area contributed by atoms with Gasteiger partial charge in [-0.05, 0) is 56.7 Å². The van der Waals surface area contributed by atoms with Crippen molar-refractivity contribution in [3.05, 3.63) is 46.6 Å². The molecule has 3 aromatic rings. The van der Waals surface area contributed by atoms with Gasteiger partial charge in [-0.25, -0.2) is 4.79 Å². The van der Waals surface area contributed by atoms with Crippen LogP contribution < -0.4 is 15.9 Å². The Morgan fingerprint density at radius 2 is 1.97 bits per heavy atom. The summed E-state index contributed by atoms with van der Waals surface area (Å²) in [6, 6.07) is 7.70. The molecule has 0 saturated heterocycles. The van der Waals surface area contributed by atoms with Crippen LogP contribution >= 0.6 is 0 Å². The Labute approximate surface area is 186 Å². The first-order chi connectivity index (χ1) is 15.4. The highest BCUT2D eigenvalue weighted by Crippen LogP contribution is 2.39. The van der Waals surface area contributed by atoms with E-state index in [0.717, 1.165) is 54.7 Å². The second-order valence-corrected chi connectivity index (χ2v) is 9.14. The normalized spacial score (nSPS) is 25.4. The molecule has 32 heavy (non-hydrogen) atoms. The van der Waals surface area contributed by atoms with Crippen molar-refractivity contribution in [2.45, 2.75) is 44.9 Å². The van der Waals surface area contributed by atoms with Crippen molar-refractivity contribution in [2.75, 3.05) is 7.11 Å². The Morgan fingerprint density at radius 1 is 1.19 bits per heavy atom. The lowest BCUT2D eigenvalue weighted by atomic mass is 9.77. The minimum atomic E-state index is -0.526. The van der Waals surface area contributed by atoms with Gasteiger partial charge in [0.1, 0.15) is 11.4 Å². The first-order valence-electron chi connectivity index (χ1n) is 11.1. The first-order valence-corrected chi connectivity index (χ1v) is 11.1. The number of ether oxygens (including phenoxy) is 2. The van der Waals surface area contributed by atoms with Crippen molar-refractivity contribution in [2.24, 2.45) is 31.0 Å². The molecule has 0 radical (unpaired) electrons. The van der Waals surface area contributed by atoms with Crippen LogP contribution in [0.15, 0.2) is 40.4 Å². The van der Waals surface area contributed by atoms with Gasteiger partial charge in [-0.2, -0.15) is 5.10 Å². The van der Waals surface area contributed by atoms with Gasteiger partial charge in [0.2, 0.25) is 0 Å². The minimum absolute atomic E-state index is 0.0246. The van der Waals surface area contributed by atoms with Gasteiger partial charge < -0.3 is 9.47 Å². The molecule has 1 aliphatic heterocycles. The molecule has 1 atom stereocenters. The third kappa shape index (κ3) is 3.45. The zero-order chi connectivity index (χ0) is 22.5. The van der Waals surface area contributed by atoms with Gasteiger partial charge in [0.25, 0.3) is 5.90 Å². The quantitative estimate of drug-likeness (QED) is 0.662. The summed E-state index contributed by atoms with van der Waals surface area (Å²) in [4.78, 5) is 12.9. The summed E-state index contributed by atoms with van der Waals surface area (Å²) in [5.41, 5.74) is 5.32. The molecule has 1 N–H and O–H groups in total. The average molecular weight is 439 g/mol. The predicted molar refractivity (Wildman–Crippen MR) is 122 cm³/mol. The highest BCUT2D eigenvalue weighted by molar-refractivity contribution is 5.93. The van der Waals surface area contributed by atoms with Crippen molar-refractivity contribution < 1.29 is 9.47 Å². The lowest BCUT2D eigenvalue weighted by molar-refractivity contribution is -0.0173. The molecule has 1 fully saturated rings. The standard InChI is InChI=1S/C23H30N6O3/c1-23(26-24-21(32-23)18-11-12-27(2)25-18)16-7-5-15(6-8-16)14-29-20-13-17(31-4)9-10-19(20)28(3)22(29)30/h9-13,15-16,26H,5-8,14H2,1-4H3. The molecule has 0 amide bonds. The van der Waals surface area contributed by atoms with E-state index >= 15 is 0 Å². The number of methoxy groups -OCH3 is 1. The summed E-state index contributed by atoms with van der Waals surface area (Å²) < 4.78 is 17.0. The van der Waals surface area contributed by atoms with Crippen LogP contribution in [0.4, 0.5) is 0 Å². The molecule has 1 aliphatic carbocycles. The lowest BCUT2D eigenvalue weighted by Crippen LogP contribution is -2.47. The first kappa shape index (κ1) is 20.7. The molecule has 0 bridgehead atoms. The van der Waals surface area contributed by atoms with Crippen LogP contribution in [-0.2, 0) is 25.4 Å². The van der Waals surface area contributed by atoms with E-state index in [9.17, 15) is 4.79 Å². The number of hydrogen-bond acceptors (Lipinski definition) is 6. The van der Waals surface area contributed by atoms with E-state index in [0.29, 0.717) is 17.7 Å². The third-order valence-corrected chi connectivity index (χ3v) is 7.04. The fourth-order valence-corrected chi connectivity index (χ4v) is 5.07. The van der Waals surface area contributed by atoms with Gasteiger partial charge in [-0.3, -0.25) is 19.2 Å². The van der Waals surface area contributed by atoms with Crippen LogP contribution in [0.2, 0.25) is 0 Å². The molecular formula is C23H30N6O3. The zero-order valence-corrected chi connectivity index (χ0v) is 19.0. The van der Waals surface area contributed by atoms with E-state index in [2.05, 4.69) is 22.5 Å². The van der Waals surface area contributed by atoms with Crippen LogP contribution in [0, 0.1) is 11.8 Å². The Balaban J connectivity index is 1.26. The number of fused-ring (bicyclic) bond motifs is 1. The second-order valence-electron chi connectivity index (χ2n) is 9.14. The summed E-state index contributed by atoms with van der Waals surface area (Å²) in [5, 5.41) is 8.80. The summed E-state index contributed by atoms with van der Waals surface area (Å²) in [6.07, 6.45) is 5.99. The van der Waals surface area contributed by atoms with Crippen LogP contribution in [0.25, 0.3) is 11.0 Å². The maximum absolute atomic E-state index is 12.9. The Morgan fingerprint density at radius 3 is 2.66 bits per heavy atom. The maximum atomic E-state index is 12.9. The largest absolute Gasteiger partial charge is 0.497 e. The van der Waals surface area contributed by atoms with Crippen LogP contribution in [0.1, 0.15) is 38.3 Å². The molecule has 9 heteroatoms. The van der Waals surface area contributed by atoms with E-state index in [-0.39, 0.29) is 5.69 Å². The highest BCUT2D eigenvalue weighted by Gasteiger charge is 2.43. The number of benzene rings is 1. The monoisotopic (exact) mass is 438 g/mol. The number of rotatable bonds is 5. The minimum Gasteiger partial charge on any atom is -0.497 e. The number of imidazole rings is 1. The third-order valence-electron chi connectivity index (χ3n) is 7.04. The van der Waals surface area contributed by atoms with E-state index in [1.807, 2.05) is 49.1 Å². The van der Waals surface area contributed by atoms with Crippen molar-refractivity contribution in [3.8, 4) is 5.75 Å². The van der Waals surface area contributed by atoms with Gasteiger partial charge in [-0.15, -0.1) is 5.10 Å². The predicted octanol–water partition coefficient (Wildman–Crippen LogP) is 2.59. The van der Waals surface area contributed by atoms with Crippen LogP contribution in [0.3, 0.4) is 0 Å². The molecule has 0 spiro atoms. The smallest absolute Gasteiger partial charge is 0.328 e. The van der Waals surface area contributed by atoms with E-state index < -0.39 is 5.72 Å². The molecule has 1 unspecified atom stereocenters. The molecule has 2 aliphatic rings. The van der Waals surface area contributed by atoms with Gasteiger partial charge in [0.15, 0.2) is 5.72 Å². The summed E-state index contributed by atoms with van der Waals surface area (Å²) in [6.45, 7) is 2.79. The van der Waals surface area contributed by atoms with Crippen molar-refractivity contribution in [3.63, 3.8) is 0 Å². The number of nitrogens with one attached hydrogen (secondary N) is 1. The summed E-state index contributed by atoms with van der Waals surface area (Å²) in [7, 11) is 5.36. The number of hydrogen-bond donors (Lipinski definition) is 1. The number of hydrazone groups is 1. The second kappa shape index (κ2) is 7.72. The molecule has 1 saturated carbocycles. The molecular weight excluding hydrogens is 408 g/mol. The van der Waals surface area contributed by atoms with Crippen LogP contribution in [-0.4, -0.2) is 37.6 Å². The number of nitrogens with zero attached hydrogens (tertiary/aromatic N) is 5. The molecule has 3 heterocycles. The van der Waals surface area contributed by atoms with E-state index in [1.54, 1.807) is 16.4 Å². The fourth-order valence-electron chi connectivity index (χ4n) is 5.07. The van der Waals surface area contributed by atoms with Crippen LogP contribution in [0.5, 0.6) is 5.75 Å². The summed E-state index contributed by atoms with van der Waals surface area (Å²) >= 11 is 0. The molecule has 2 aromatic heterocycles. The van der Waals surface area contributed by atoms with Crippen molar-refractivity contribution >= 4 is 16.9 Å². The maximum Gasteiger partial charge on any atom is 0.328 e. The molecule has 5 rings (SSSR count). The van der Waals surface area contributed by atoms with E-state index in [4.69, 9.17) is 9.47 Å². The molecule has 170 valence electrons. The average Bonchev–Trinajstić information content (AvgIpc) is 3.48. The Kier molecular flexibility index (Phi) is 4.98. The number of aryl methyl sites for hydroxylation is 2. The van der Waals surface area contributed by atoms with Crippen molar-refractivity contribution in [1.29, 1.82) is 0 Å². The molecule has 1 aromatic carbocycles. The fraction of sp³-hybridized carbons (Fsp3) is 0.522. The SMILES string of the molecule is COc1ccc2c(c1)n(CC1CCC(C3(C)NN=C(c4ccn(C)n4)O3)CC1)c(=O)n2C. The zero-order valence-electron chi connectivity index (χ0n) is 19.0. The van der Waals surface area contributed by atoms with Gasteiger partial charge in [-0.1, -0.05) is 0 Å². The Hall–Kier alpha value is -3.23.